The molecule has 1 unspecified atom stereocenters. The van der Waals surface area contributed by atoms with Crippen LogP contribution in [0.5, 0.6) is 5.75 Å². The maximum absolute atomic E-state index is 5.84. The summed E-state index contributed by atoms with van der Waals surface area (Å²) in [7, 11) is 0. The van der Waals surface area contributed by atoms with Crippen LogP contribution in [0.1, 0.15) is 38.2 Å². The topological polar surface area (TPSA) is 21.3 Å². The van der Waals surface area contributed by atoms with Gasteiger partial charge in [0.1, 0.15) is 5.75 Å². The van der Waals surface area contributed by atoms with Crippen molar-refractivity contribution >= 4 is 0 Å². The van der Waals surface area contributed by atoms with Gasteiger partial charge in [-0.1, -0.05) is 25.5 Å². The lowest BCUT2D eigenvalue weighted by atomic mass is 9.78. The van der Waals surface area contributed by atoms with Gasteiger partial charge >= 0.3 is 0 Å². The quantitative estimate of drug-likeness (QED) is 0.795. The van der Waals surface area contributed by atoms with Crippen LogP contribution in [0, 0.1) is 12.8 Å². The van der Waals surface area contributed by atoms with Gasteiger partial charge in [-0.25, -0.2) is 0 Å². The molecule has 2 rings (SSSR count). The minimum Gasteiger partial charge on any atom is -0.494 e. The number of benzene rings is 1. The molecule has 2 heteroatoms. The molecule has 0 saturated heterocycles. The lowest BCUT2D eigenvalue weighted by Gasteiger charge is -2.34. The van der Waals surface area contributed by atoms with Gasteiger partial charge in [-0.15, -0.1) is 0 Å². The molecular weight excluding hydrogens is 222 g/mol. The molecule has 1 N–H and O–H groups in total. The molecule has 0 spiro atoms. The van der Waals surface area contributed by atoms with E-state index in [-0.39, 0.29) is 0 Å². The highest BCUT2D eigenvalue weighted by Gasteiger charge is 2.26. The third-order valence-corrected chi connectivity index (χ3v) is 3.87. The van der Waals surface area contributed by atoms with Crippen LogP contribution in [-0.4, -0.2) is 19.2 Å². The SMILES string of the molecule is CCNC(CCOc1cccc(C)c1)C1CCC1. The molecule has 18 heavy (non-hydrogen) atoms. The van der Waals surface area contributed by atoms with Gasteiger partial charge in [0.25, 0.3) is 0 Å². The lowest BCUT2D eigenvalue weighted by molar-refractivity contribution is 0.192. The molecule has 0 aliphatic heterocycles. The van der Waals surface area contributed by atoms with Crippen molar-refractivity contribution in [3.8, 4) is 5.75 Å². The van der Waals surface area contributed by atoms with E-state index in [0.717, 1.165) is 31.2 Å². The Hall–Kier alpha value is -1.02. The van der Waals surface area contributed by atoms with Gasteiger partial charge in [0.15, 0.2) is 0 Å². The van der Waals surface area contributed by atoms with Crippen molar-refractivity contribution in [3.63, 3.8) is 0 Å². The second-order valence-corrected chi connectivity index (χ2v) is 5.31. The number of hydrogen-bond donors (Lipinski definition) is 1. The lowest BCUT2D eigenvalue weighted by Crippen LogP contribution is -2.40. The molecule has 100 valence electrons. The Bertz CT molecular complexity index is 360. The van der Waals surface area contributed by atoms with E-state index in [9.17, 15) is 0 Å². The summed E-state index contributed by atoms with van der Waals surface area (Å²) >= 11 is 0. The predicted molar refractivity (Wildman–Crippen MR) is 76.1 cm³/mol. The normalized spacial score (nSPS) is 17.2. The van der Waals surface area contributed by atoms with Gasteiger partial charge < -0.3 is 10.1 Å². The summed E-state index contributed by atoms with van der Waals surface area (Å²) < 4.78 is 5.84. The van der Waals surface area contributed by atoms with Crippen LogP contribution in [0.2, 0.25) is 0 Å². The van der Waals surface area contributed by atoms with E-state index < -0.39 is 0 Å². The van der Waals surface area contributed by atoms with E-state index in [0.29, 0.717) is 6.04 Å². The van der Waals surface area contributed by atoms with Gasteiger partial charge in [0, 0.05) is 6.04 Å². The number of rotatable bonds is 7. The molecule has 1 aliphatic carbocycles. The maximum Gasteiger partial charge on any atom is 0.119 e. The van der Waals surface area contributed by atoms with Crippen molar-refractivity contribution in [2.75, 3.05) is 13.2 Å². The molecule has 1 saturated carbocycles. The largest absolute Gasteiger partial charge is 0.494 e. The summed E-state index contributed by atoms with van der Waals surface area (Å²) in [5, 5.41) is 3.60. The molecule has 0 aromatic heterocycles. The average Bonchev–Trinajstić information content (AvgIpc) is 2.27. The van der Waals surface area contributed by atoms with Crippen LogP contribution >= 0.6 is 0 Å². The first-order valence-electron chi connectivity index (χ1n) is 7.22. The predicted octanol–water partition coefficient (Wildman–Crippen LogP) is 3.54. The van der Waals surface area contributed by atoms with Crippen molar-refractivity contribution in [1.29, 1.82) is 0 Å². The minimum absolute atomic E-state index is 0.647. The van der Waals surface area contributed by atoms with Crippen LogP contribution in [0.3, 0.4) is 0 Å². The second-order valence-electron chi connectivity index (χ2n) is 5.31. The number of aryl methyl sites for hydroxylation is 1. The van der Waals surface area contributed by atoms with Crippen LogP contribution in [0.4, 0.5) is 0 Å². The van der Waals surface area contributed by atoms with Gasteiger partial charge in [-0.3, -0.25) is 0 Å². The fourth-order valence-corrected chi connectivity index (χ4v) is 2.62. The molecule has 0 radical (unpaired) electrons. The highest BCUT2D eigenvalue weighted by Crippen LogP contribution is 2.31. The van der Waals surface area contributed by atoms with E-state index in [2.05, 4.69) is 37.4 Å². The summed E-state index contributed by atoms with van der Waals surface area (Å²) in [5.74, 6) is 1.88. The summed E-state index contributed by atoms with van der Waals surface area (Å²) in [6, 6.07) is 8.94. The number of ether oxygens (including phenoxy) is 1. The van der Waals surface area contributed by atoms with Crippen molar-refractivity contribution in [2.45, 2.75) is 45.6 Å². The second kappa shape index (κ2) is 6.79. The Kier molecular flexibility index (Phi) is 5.06. The van der Waals surface area contributed by atoms with Crippen LogP contribution < -0.4 is 10.1 Å². The van der Waals surface area contributed by atoms with Gasteiger partial charge in [-0.05, 0) is 56.3 Å². The molecule has 0 bridgehead atoms. The molecule has 1 aromatic rings. The molecule has 2 nitrogen and oxygen atoms in total. The first kappa shape index (κ1) is 13.4. The third kappa shape index (κ3) is 3.74. The van der Waals surface area contributed by atoms with Crippen molar-refractivity contribution < 1.29 is 4.74 Å². The monoisotopic (exact) mass is 247 g/mol. The molecular formula is C16H25NO. The summed E-state index contributed by atoms with van der Waals surface area (Å²) in [4.78, 5) is 0. The molecule has 1 fully saturated rings. The Labute approximate surface area is 111 Å². The highest BCUT2D eigenvalue weighted by molar-refractivity contribution is 5.27. The van der Waals surface area contributed by atoms with E-state index in [1.807, 2.05) is 6.07 Å². The van der Waals surface area contributed by atoms with E-state index in [4.69, 9.17) is 4.74 Å². The zero-order valence-corrected chi connectivity index (χ0v) is 11.6. The first-order valence-corrected chi connectivity index (χ1v) is 7.22. The average molecular weight is 247 g/mol. The smallest absolute Gasteiger partial charge is 0.119 e. The summed E-state index contributed by atoms with van der Waals surface area (Å²) in [5.41, 5.74) is 1.26. The van der Waals surface area contributed by atoms with E-state index in [1.54, 1.807) is 0 Å². The number of hydrogen-bond acceptors (Lipinski definition) is 2. The fraction of sp³-hybridized carbons (Fsp3) is 0.625. The Morgan fingerprint density at radius 3 is 2.83 bits per heavy atom. The molecule has 1 atom stereocenters. The van der Waals surface area contributed by atoms with Gasteiger partial charge in [-0.2, -0.15) is 0 Å². The van der Waals surface area contributed by atoms with Crippen molar-refractivity contribution in [1.82, 2.24) is 5.32 Å². The Morgan fingerprint density at radius 2 is 2.22 bits per heavy atom. The Morgan fingerprint density at radius 1 is 1.39 bits per heavy atom. The van der Waals surface area contributed by atoms with Crippen LogP contribution in [0.15, 0.2) is 24.3 Å². The van der Waals surface area contributed by atoms with Gasteiger partial charge in [0.2, 0.25) is 0 Å². The minimum atomic E-state index is 0.647. The van der Waals surface area contributed by atoms with Crippen molar-refractivity contribution in [3.05, 3.63) is 29.8 Å². The summed E-state index contributed by atoms with van der Waals surface area (Å²) in [6.45, 7) is 6.17. The molecule has 1 aromatic carbocycles. The maximum atomic E-state index is 5.84. The zero-order valence-electron chi connectivity index (χ0n) is 11.6. The van der Waals surface area contributed by atoms with Gasteiger partial charge in [0.05, 0.1) is 6.61 Å². The number of nitrogens with one attached hydrogen (secondary N) is 1. The fourth-order valence-electron chi connectivity index (χ4n) is 2.62. The molecule has 0 heterocycles. The van der Waals surface area contributed by atoms with Crippen LogP contribution in [-0.2, 0) is 0 Å². The standard InChI is InChI=1S/C16H25NO/c1-3-17-16(14-7-5-8-14)10-11-18-15-9-4-6-13(2)12-15/h4,6,9,12,14,16-17H,3,5,7-8,10-11H2,1-2H3. The van der Waals surface area contributed by atoms with Crippen LogP contribution in [0.25, 0.3) is 0 Å². The van der Waals surface area contributed by atoms with E-state index >= 15 is 0 Å². The zero-order chi connectivity index (χ0) is 12.8. The highest BCUT2D eigenvalue weighted by atomic mass is 16.5. The molecule has 0 amide bonds. The Balaban J connectivity index is 1.75. The van der Waals surface area contributed by atoms with Crippen molar-refractivity contribution in [2.24, 2.45) is 5.92 Å². The third-order valence-electron chi connectivity index (χ3n) is 3.87. The molecule has 1 aliphatic rings. The first-order chi connectivity index (χ1) is 8.79. The summed E-state index contributed by atoms with van der Waals surface area (Å²) in [6.07, 6.45) is 5.31. The van der Waals surface area contributed by atoms with E-state index in [1.165, 1.54) is 24.8 Å².